The van der Waals surface area contributed by atoms with Crippen molar-refractivity contribution in [2.45, 2.75) is 52.5 Å². The Morgan fingerprint density at radius 2 is 1.95 bits per heavy atom. The maximum absolute atomic E-state index is 12.4. The molecule has 4 heteroatoms. The molecule has 3 rings (SSSR count). The van der Waals surface area contributed by atoms with E-state index in [4.69, 9.17) is 0 Å². The highest BCUT2D eigenvalue weighted by atomic mass is 16.2. The van der Waals surface area contributed by atoms with E-state index in [2.05, 4.69) is 25.3 Å². The first-order chi connectivity index (χ1) is 9.78. The molecule has 1 saturated heterocycles. The molecule has 1 aromatic heterocycles. The lowest BCUT2D eigenvalue weighted by atomic mass is 9.76. The number of carbonyl (C=O) groups is 2. The van der Waals surface area contributed by atoms with Crippen LogP contribution in [0.2, 0.25) is 0 Å². The van der Waals surface area contributed by atoms with Crippen LogP contribution in [0, 0.1) is 12.3 Å². The van der Waals surface area contributed by atoms with Gasteiger partial charge in [0.25, 0.3) is 0 Å². The molecule has 4 nitrogen and oxygen atoms in total. The fourth-order valence-electron chi connectivity index (χ4n) is 3.88. The molecular formula is C17H24N2O2. The van der Waals surface area contributed by atoms with Crippen molar-refractivity contribution in [3.63, 3.8) is 0 Å². The van der Waals surface area contributed by atoms with Gasteiger partial charge in [-0.1, -0.05) is 13.8 Å². The van der Waals surface area contributed by atoms with Crippen molar-refractivity contribution in [1.29, 1.82) is 0 Å². The second kappa shape index (κ2) is 4.72. The maximum atomic E-state index is 12.4. The number of nitrogens with zero attached hydrogens (tertiary/aromatic N) is 2. The van der Waals surface area contributed by atoms with Crippen LogP contribution in [0.4, 0.5) is 0 Å². The standard InChI is InChI=1S/C17H24N2O2/c1-11-7-13-14(8-17(2,3)9-15(13)20)19(11)12-5-6-16(21)18(4)10-12/h7,12H,5-6,8-10H2,1-4H3. The van der Waals surface area contributed by atoms with E-state index < -0.39 is 0 Å². The number of carbonyl (C=O) groups excluding carboxylic acids is 2. The number of hydrogen-bond donors (Lipinski definition) is 0. The Balaban J connectivity index is 2.01. The highest BCUT2D eigenvalue weighted by Crippen LogP contribution is 2.38. The monoisotopic (exact) mass is 288 g/mol. The highest BCUT2D eigenvalue weighted by molar-refractivity contribution is 5.99. The van der Waals surface area contributed by atoms with Crippen molar-refractivity contribution in [3.05, 3.63) is 23.0 Å². The van der Waals surface area contributed by atoms with Gasteiger partial charge in [-0.3, -0.25) is 9.59 Å². The van der Waals surface area contributed by atoms with Gasteiger partial charge in [0.2, 0.25) is 5.91 Å². The molecule has 1 aliphatic heterocycles. The van der Waals surface area contributed by atoms with E-state index in [1.54, 1.807) is 0 Å². The summed E-state index contributed by atoms with van der Waals surface area (Å²) in [5, 5.41) is 0. The van der Waals surface area contributed by atoms with Crippen molar-refractivity contribution in [2.24, 2.45) is 5.41 Å². The number of hydrogen-bond acceptors (Lipinski definition) is 2. The first kappa shape index (κ1) is 14.4. The topological polar surface area (TPSA) is 42.3 Å². The molecule has 1 amide bonds. The molecular weight excluding hydrogens is 264 g/mol. The molecule has 2 aliphatic rings. The lowest BCUT2D eigenvalue weighted by Gasteiger charge is -2.35. The molecule has 21 heavy (non-hydrogen) atoms. The average Bonchev–Trinajstić information content (AvgIpc) is 2.68. The molecule has 114 valence electrons. The van der Waals surface area contributed by atoms with Gasteiger partial charge in [-0.25, -0.2) is 0 Å². The van der Waals surface area contributed by atoms with Gasteiger partial charge >= 0.3 is 0 Å². The summed E-state index contributed by atoms with van der Waals surface area (Å²) in [5.74, 6) is 0.490. The summed E-state index contributed by atoms with van der Waals surface area (Å²) >= 11 is 0. The van der Waals surface area contributed by atoms with Crippen LogP contribution in [-0.4, -0.2) is 34.7 Å². The molecule has 1 atom stereocenters. The summed E-state index contributed by atoms with van der Waals surface area (Å²) in [5.41, 5.74) is 3.27. The minimum Gasteiger partial charge on any atom is -0.344 e. The number of aryl methyl sites for hydroxylation is 1. The molecule has 1 aliphatic carbocycles. The van der Waals surface area contributed by atoms with Gasteiger partial charge in [-0.15, -0.1) is 0 Å². The minimum absolute atomic E-state index is 0.0308. The Kier molecular flexibility index (Phi) is 3.23. The molecule has 1 unspecified atom stereocenters. The van der Waals surface area contributed by atoms with E-state index in [-0.39, 0.29) is 17.1 Å². The van der Waals surface area contributed by atoms with Crippen LogP contribution in [0.5, 0.6) is 0 Å². The second-order valence-corrected chi connectivity index (χ2v) is 7.42. The van der Waals surface area contributed by atoms with Crippen LogP contribution in [0.25, 0.3) is 0 Å². The van der Waals surface area contributed by atoms with Gasteiger partial charge in [0.15, 0.2) is 5.78 Å². The van der Waals surface area contributed by atoms with Gasteiger partial charge in [0.05, 0.1) is 6.04 Å². The molecule has 2 heterocycles. The average molecular weight is 288 g/mol. The fourth-order valence-corrected chi connectivity index (χ4v) is 3.88. The normalized spacial score (nSPS) is 25.1. The molecule has 1 aromatic rings. The quantitative estimate of drug-likeness (QED) is 0.797. The molecule has 0 bridgehead atoms. The van der Waals surface area contributed by atoms with Gasteiger partial charge in [0, 0.05) is 43.4 Å². The van der Waals surface area contributed by atoms with Gasteiger partial charge in [-0.2, -0.15) is 0 Å². The molecule has 1 fully saturated rings. The Labute approximate surface area is 126 Å². The van der Waals surface area contributed by atoms with E-state index >= 15 is 0 Å². The first-order valence-corrected chi connectivity index (χ1v) is 7.76. The fraction of sp³-hybridized carbons (Fsp3) is 0.647. The summed E-state index contributed by atoms with van der Waals surface area (Å²) < 4.78 is 2.33. The van der Waals surface area contributed by atoms with Crippen molar-refractivity contribution < 1.29 is 9.59 Å². The summed E-state index contributed by atoms with van der Waals surface area (Å²) in [6, 6.07) is 2.35. The Morgan fingerprint density at radius 3 is 2.62 bits per heavy atom. The zero-order valence-electron chi connectivity index (χ0n) is 13.4. The number of aromatic nitrogens is 1. The number of likely N-dealkylation sites (N-methyl/N-ethyl adjacent to an activating group) is 1. The van der Waals surface area contributed by atoms with Crippen LogP contribution >= 0.6 is 0 Å². The zero-order valence-corrected chi connectivity index (χ0v) is 13.4. The molecule has 0 N–H and O–H groups in total. The van der Waals surface area contributed by atoms with E-state index in [1.165, 1.54) is 5.69 Å². The molecule has 0 radical (unpaired) electrons. The van der Waals surface area contributed by atoms with Crippen LogP contribution in [0.1, 0.15) is 60.9 Å². The summed E-state index contributed by atoms with van der Waals surface area (Å²) in [6.45, 7) is 7.15. The highest BCUT2D eigenvalue weighted by Gasteiger charge is 2.36. The summed E-state index contributed by atoms with van der Waals surface area (Å²) in [4.78, 5) is 25.9. The lowest BCUT2D eigenvalue weighted by molar-refractivity contribution is -0.132. The predicted molar refractivity (Wildman–Crippen MR) is 81.5 cm³/mol. The van der Waals surface area contributed by atoms with Crippen LogP contribution < -0.4 is 0 Å². The first-order valence-electron chi connectivity index (χ1n) is 7.76. The number of amides is 1. The maximum Gasteiger partial charge on any atom is 0.222 e. The van der Waals surface area contributed by atoms with E-state index in [0.29, 0.717) is 18.9 Å². The van der Waals surface area contributed by atoms with Crippen LogP contribution in [-0.2, 0) is 11.2 Å². The van der Waals surface area contributed by atoms with Crippen LogP contribution in [0.3, 0.4) is 0 Å². The molecule has 0 aromatic carbocycles. The number of rotatable bonds is 1. The lowest BCUT2D eigenvalue weighted by Crippen LogP contribution is -2.39. The van der Waals surface area contributed by atoms with E-state index in [1.807, 2.05) is 18.0 Å². The summed E-state index contributed by atoms with van der Waals surface area (Å²) in [7, 11) is 1.87. The van der Waals surface area contributed by atoms with Gasteiger partial charge < -0.3 is 9.47 Å². The Bertz CT molecular complexity index is 613. The molecule has 0 spiro atoms. The third-order valence-electron chi connectivity index (χ3n) is 4.89. The third kappa shape index (κ3) is 2.41. The number of ketones is 1. The number of likely N-dealkylation sites (tertiary alicyclic amines) is 1. The number of Topliss-reactive ketones (excluding diaryl/α,β-unsaturated/α-hetero) is 1. The van der Waals surface area contributed by atoms with Crippen molar-refractivity contribution in [3.8, 4) is 0 Å². The van der Waals surface area contributed by atoms with E-state index in [0.717, 1.165) is 30.6 Å². The Morgan fingerprint density at radius 1 is 1.24 bits per heavy atom. The van der Waals surface area contributed by atoms with Gasteiger partial charge in [-0.05, 0) is 31.2 Å². The zero-order chi connectivity index (χ0) is 15.4. The SMILES string of the molecule is Cc1cc2c(n1C1CCC(=O)N(C)C1)CC(C)(C)CC2=O. The predicted octanol–water partition coefficient (Wildman–Crippen LogP) is 2.74. The van der Waals surface area contributed by atoms with Crippen molar-refractivity contribution in [1.82, 2.24) is 9.47 Å². The Hall–Kier alpha value is -1.58. The van der Waals surface area contributed by atoms with E-state index in [9.17, 15) is 9.59 Å². The molecule has 0 saturated carbocycles. The second-order valence-electron chi connectivity index (χ2n) is 7.42. The minimum atomic E-state index is 0.0308. The largest absolute Gasteiger partial charge is 0.344 e. The number of fused-ring (bicyclic) bond motifs is 1. The van der Waals surface area contributed by atoms with Crippen molar-refractivity contribution in [2.75, 3.05) is 13.6 Å². The smallest absolute Gasteiger partial charge is 0.222 e. The van der Waals surface area contributed by atoms with Gasteiger partial charge in [0.1, 0.15) is 0 Å². The van der Waals surface area contributed by atoms with Crippen LogP contribution in [0.15, 0.2) is 6.07 Å². The third-order valence-corrected chi connectivity index (χ3v) is 4.89. The van der Waals surface area contributed by atoms with Crippen molar-refractivity contribution >= 4 is 11.7 Å². The summed E-state index contributed by atoms with van der Waals surface area (Å²) in [6.07, 6.45) is 3.05. The number of piperidine rings is 1.